The monoisotopic (exact) mass is 362 g/mol. The molecule has 0 amide bonds. The number of hydrogen-bond acceptors (Lipinski definition) is 4. The maximum Gasteiger partial charge on any atom is 0.358 e. The lowest BCUT2D eigenvalue weighted by molar-refractivity contribution is 0.0509. The fraction of sp³-hybridized carbons (Fsp3) is 0.214. The van der Waals surface area contributed by atoms with Gasteiger partial charge in [-0.3, -0.25) is 4.72 Å². The van der Waals surface area contributed by atoms with Crippen molar-refractivity contribution in [3.05, 3.63) is 47.5 Å². The number of carbonyl (C=O) groups excluding carboxylic acids is 1. The van der Waals surface area contributed by atoms with Gasteiger partial charge in [0.2, 0.25) is 0 Å². The van der Waals surface area contributed by atoms with Gasteiger partial charge in [-0.2, -0.15) is 0 Å². The molecule has 6 nitrogen and oxygen atoms in total. The quantitative estimate of drug-likeness (QED) is 0.829. The van der Waals surface area contributed by atoms with Gasteiger partial charge in [0.05, 0.1) is 6.61 Å². The van der Waals surface area contributed by atoms with Crippen molar-refractivity contribution in [2.24, 2.45) is 7.05 Å². The third kappa shape index (κ3) is 3.23. The van der Waals surface area contributed by atoms with Gasteiger partial charge in [0, 0.05) is 13.2 Å². The maximum atomic E-state index is 14.3. The zero-order valence-electron chi connectivity index (χ0n) is 12.6. The summed E-state index contributed by atoms with van der Waals surface area (Å²) in [6.07, 6.45) is 0.956. The number of anilines is 1. The Labute approximate surface area is 135 Å². The number of aromatic nitrogens is 1. The van der Waals surface area contributed by atoms with E-state index in [1.807, 2.05) is 0 Å². The number of halogens is 3. The Morgan fingerprint density at radius 1 is 1.25 bits per heavy atom. The van der Waals surface area contributed by atoms with E-state index in [4.69, 9.17) is 0 Å². The molecule has 1 heterocycles. The normalized spacial score (nSPS) is 11.4. The fourth-order valence-electron chi connectivity index (χ4n) is 2.04. The smallest absolute Gasteiger partial charge is 0.358 e. The lowest BCUT2D eigenvalue weighted by Gasteiger charge is -2.08. The molecule has 24 heavy (non-hydrogen) atoms. The average molecular weight is 362 g/mol. The van der Waals surface area contributed by atoms with Gasteiger partial charge in [-0.05, 0) is 19.1 Å². The summed E-state index contributed by atoms with van der Waals surface area (Å²) >= 11 is 0. The van der Waals surface area contributed by atoms with E-state index < -0.39 is 49.7 Å². The fourth-order valence-corrected chi connectivity index (χ4v) is 3.22. The molecule has 1 aromatic heterocycles. The van der Waals surface area contributed by atoms with Crippen molar-refractivity contribution in [2.45, 2.75) is 11.8 Å². The zero-order chi connectivity index (χ0) is 18.1. The molecule has 0 unspecified atom stereocenters. The molecule has 0 saturated carbocycles. The Hall–Kier alpha value is -2.49. The van der Waals surface area contributed by atoms with E-state index in [9.17, 15) is 26.4 Å². The van der Waals surface area contributed by atoms with Gasteiger partial charge >= 0.3 is 5.97 Å². The van der Waals surface area contributed by atoms with E-state index in [1.54, 1.807) is 4.72 Å². The summed E-state index contributed by atoms with van der Waals surface area (Å²) in [4.78, 5) is 10.4. The van der Waals surface area contributed by atoms with E-state index in [0.717, 1.165) is 29.0 Å². The lowest BCUT2D eigenvalue weighted by atomic mass is 10.3. The second kappa shape index (κ2) is 6.56. The summed E-state index contributed by atoms with van der Waals surface area (Å²) in [6, 6.07) is 2.50. The summed E-state index contributed by atoms with van der Waals surface area (Å²) in [5.41, 5.74) is -1.16. The minimum atomic E-state index is -4.74. The van der Waals surface area contributed by atoms with Crippen molar-refractivity contribution in [1.82, 2.24) is 4.57 Å². The minimum absolute atomic E-state index is 0.00898. The van der Waals surface area contributed by atoms with E-state index in [0.29, 0.717) is 0 Å². The highest BCUT2D eigenvalue weighted by Gasteiger charge is 2.28. The SMILES string of the molecule is CCOC(=O)c1c(F)c(NS(=O)(=O)c2c(F)cccc2F)cn1C. The van der Waals surface area contributed by atoms with Crippen LogP contribution in [0.15, 0.2) is 29.3 Å². The largest absolute Gasteiger partial charge is 0.461 e. The number of hydrogen-bond donors (Lipinski definition) is 1. The van der Waals surface area contributed by atoms with Crippen LogP contribution in [0.2, 0.25) is 0 Å². The number of sulfonamides is 1. The van der Waals surface area contributed by atoms with Crippen molar-refractivity contribution in [1.29, 1.82) is 0 Å². The number of esters is 1. The van der Waals surface area contributed by atoms with Crippen LogP contribution in [-0.2, 0) is 21.8 Å². The maximum absolute atomic E-state index is 14.3. The summed E-state index contributed by atoms with van der Waals surface area (Å²) in [5, 5.41) is 0. The Bertz CT molecular complexity index is 873. The molecule has 130 valence electrons. The number of carbonyl (C=O) groups is 1. The van der Waals surface area contributed by atoms with Crippen LogP contribution in [0.1, 0.15) is 17.4 Å². The van der Waals surface area contributed by atoms with Crippen LogP contribution in [-0.4, -0.2) is 25.6 Å². The highest BCUT2D eigenvalue weighted by molar-refractivity contribution is 7.92. The van der Waals surface area contributed by atoms with Crippen molar-refractivity contribution in [2.75, 3.05) is 11.3 Å². The van der Waals surface area contributed by atoms with Crippen LogP contribution in [0.4, 0.5) is 18.9 Å². The van der Waals surface area contributed by atoms with Crippen molar-refractivity contribution < 1.29 is 31.1 Å². The molecule has 2 aromatic rings. The van der Waals surface area contributed by atoms with Crippen LogP contribution in [0, 0.1) is 17.5 Å². The first kappa shape index (κ1) is 17.9. The number of rotatable bonds is 5. The van der Waals surface area contributed by atoms with E-state index >= 15 is 0 Å². The molecule has 2 rings (SSSR count). The molecule has 0 fully saturated rings. The van der Waals surface area contributed by atoms with E-state index in [1.165, 1.54) is 14.0 Å². The van der Waals surface area contributed by atoms with Crippen LogP contribution in [0.3, 0.4) is 0 Å². The van der Waals surface area contributed by atoms with Gasteiger partial charge in [-0.25, -0.2) is 26.4 Å². The molecular weight excluding hydrogens is 349 g/mol. The first-order chi connectivity index (χ1) is 11.2. The molecule has 0 bridgehead atoms. The second-order valence-corrected chi connectivity index (χ2v) is 6.31. The first-order valence-corrected chi connectivity index (χ1v) is 8.16. The van der Waals surface area contributed by atoms with Crippen molar-refractivity contribution in [3.8, 4) is 0 Å². The predicted molar refractivity (Wildman–Crippen MR) is 78.5 cm³/mol. The summed E-state index contributed by atoms with van der Waals surface area (Å²) in [6.45, 7) is 1.51. The van der Waals surface area contributed by atoms with E-state index in [2.05, 4.69) is 4.74 Å². The van der Waals surface area contributed by atoms with Crippen molar-refractivity contribution >= 4 is 21.7 Å². The molecule has 1 aromatic carbocycles. The van der Waals surface area contributed by atoms with Gasteiger partial charge in [-0.1, -0.05) is 6.07 Å². The Balaban J connectivity index is 2.45. The molecule has 0 saturated heterocycles. The van der Waals surface area contributed by atoms with Gasteiger partial charge in [0.15, 0.2) is 16.4 Å². The lowest BCUT2D eigenvalue weighted by Crippen LogP contribution is -2.17. The third-order valence-electron chi connectivity index (χ3n) is 3.02. The van der Waals surface area contributed by atoms with Crippen LogP contribution >= 0.6 is 0 Å². The van der Waals surface area contributed by atoms with Crippen molar-refractivity contribution in [3.63, 3.8) is 0 Å². The molecule has 0 atom stereocenters. The molecule has 0 spiro atoms. The first-order valence-electron chi connectivity index (χ1n) is 6.67. The molecule has 10 heteroatoms. The molecule has 0 aliphatic carbocycles. The number of nitrogens with zero attached hydrogens (tertiary/aromatic N) is 1. The minimum Gasteiger partial charge on any atom is -0.461 e. The highest BCUT2D eigenvalue weighted by atomic mass is 32.2. The second-order valence-electron chi connectivity index (χ2n) is 4.69. The highest BCUT2D eigenvalue weighted by Crippen LogP contribution is 2.26. The number of benzene rings is 1. The molecule has 0 aliphatic rings. The Kier molecular flexibility index (Phi) is 4.88. The summed E-state index contributed by atoms with van der Waals surface area (Å²) in [7, 11) is -3.46. The van der Waals surface area contributed by atoms with E-state index in [-0.39, 0.29) is 6.61 Å². The molecule has 0 radical (unpaired) electrons. The third-order valence-corrected chi connectivity index (χ3v) is 4.44. The standard InChI is InChI=1S/C14H13F3N2O4S/c1-3-23-14(20)12-11(17)10(7-19(12)2)18-24(21,22)13-8(15)5-4-6-9(13)16/h4-7,18H,3H2,1-2H3. The number of nitrogens with one attached hydrogen (secondary N) is 1. The van der Waals surface area contributed by atoms with Gasteiger partial charge in [0.1, 0.15) is 17.3 Å². The predicted octanol–water partition coefficient (Wildman–Crippen LogP) is 2.42. The van der Waals surface area contributed by atoms with Crippen LogP contribution < -0.4 is 4.72 Å². The van der Waals surface area contributed by atoms with Crippen LogP contribution in [0.25, 0.3) is 0 Å². The number of ether oxygens (including phenoxy) is 1. The Morgan fingerprint density at radius 2 is 1.83 bits per heavy atom. The summed E-state index contributed by atoms with van der Waals surface area (Å²) in [5.74, 6) is -4.87. The number of aryl methyl sites for hydroxylation is 1. The van der Waals surface area contributed by atoms with Gasteiger partial charge < -0.3 is 9.30 Å². The molecule has 1 N–H and O–H groups in total. The summed E-state index contributed by atoms with van der Waals surface area (Å²) < 4.78 is 73.2. The van der Waals surface area contributed by atoms with Gasteiger partial charge in [0.25, 0.3) is 10.0 Å². The molecular formula is C14H13F3N2O4S. The topological polar surface area (TPSA) is 77.4 Å². The Morgan fingerprint density at radius 3 is 2.38 bits per heavy atom. The van der Waals surface area contributed by atoms with Crippen LogP contribution in [0.5, 0.6) is 0 Å². The molecule has 0 aliphatic heterocycles. The van der Waals surface area contributed by atoms with Gasteiger partial charge in [-0.15, -0.1) is 0 Å². The average Bonchev–Trinajstić information content (AvgIpc) is 2.72. The zero-order valence-corrected chi connectivity index (χ0v) is 13.5.